The summed E-state index contributed by atoms with van der Waals surface area (Å²) in [5, 5.41) is 11.5. The molecule has 2 fully saturated rings. The van der Waals surface area contributed by atoms with Gasteiger partial charge in [-0.3, -0.25) is 0 Å². The molecule has 23 heavy (non-hydrogen) atoms. The predicted octanol–water partition coefficient (Wildman–Crippen LogP) is 2.53. The minimum absolute atomic E-state index is 0.280. The van der Waals surface area contributed by atoms with Crippen LogP contribution in [-0.4, -0.2) is 24.7 Å². The second kappa shape index (κ2) is 7.99. The summed E-state index contributed by atoms with van der Waals surface area (Å²) < 4.78 is 0. The lowest BCUT2D eigenvalue weighted by atomic mass is 9.73. The molecule has 2 aliphatic rings. The zero-order chi connectivity index (χ0) is 16.0. The zero-order valence-corrected chi connectivity index (χ0v) is 14.2. The number of nitrogens with one attached hydrogen (secondary N) is 1. The van der Waals surface area contributed by atoms with Crippen LogP contribution in [-0.2, 0) is 5.60 Å². The maximum Gasteiger partial charge on any atom is 0.153 e. The Bertz CT molecular complexity index is 532. The monoisotopic (exact) mass is 312 g/mol. The van der Waals surface area contributed by atoms with Crippen LogP contribution in [0.15, 0.2) is 30.3 Å². The normalized spacial score (nSPS) is 22.8. The molecular weight excluding hydrogens is 282 g/mol. The number of hydrogen-bond donors (Lipinski definition) is 2. The first kappa shape index (κ1) is 16.6. The lowest BCUT2D eigenvalue weighted by Crippen LogP contribution is -3.12. The van der Waals surface area contributed by atoms with E-state index in [1.54, 1.807) is 4.90 Å². The third-order valence-corrected chi connectivity index (χ3v) is 5.59. The molecule has 0 aromatic heterocycles. The van der Waals surface area contributed by atoms with Gasteiger partial charge in [0.2, 0.25) is 0 Å². The van der Waals surface area contributed by atoms with Crippen LogP contribution >= 0.6 is 0 Å². The molecule has 0 unspecified atom stereocenters. The SMILES string of the molecule is O[C@](C#CC[NH+]1CCCCC1)(c1ccccc1)C1CCCCC1. The zero-order valence-electron chi connectivity index (χ0n) is 14.2. The lowest BCUT2D eigenvalue weighted by Gasteiger charge is -2.35. The number of hydrogen-bond acceptors (Lipinski definition) is 1. The van der Waals surface area contributed by atoms with Crippen LogP contribution in [0.2, 0.25) is 0 Å². The summed E-state index contributed by atoms with van der Waals surface area (Å²) in [6, 6.07) is 10.1. The molecule has 1 aliphatic heterocycles. The lowest BCUT2D eigenvalue weighted by molar-refractivity contribution is -0.897. The van der Waals surface area contributed by atoms with Crippen molar-refractivity contribution in [1.29, 1.82) is 0 Å². The van der Waals surface area contributed by atoms with Crippen molar-refractivity contribution >= 4 is 0 Å². The number of quaternary nitrogens is 1. The third-order valence-electron chi connectivity index (χ3n) is 5.59. The van der Waals surface area contributed by atoms with E-state index in [-0.39, 0.29) is 5.92 Å². The Balaban J connectivity index is 1.77. The smallest absolute Gasteiger partial charge is 0.153 e. The summed E-state index contributed by atoms with van der Waals surface area (Å²) in [5.74, 6) is 6.95. The fraction of sp³-hybridized carbons (Fsp3) is 0.619. The fourth-order valence-electron chi connectivity index (χ4n) is 4.16. The molecule has 1 aliphatic carbocycles. The molecule has 2 nitrogen and oxygen atoms in total. The molecule has 0 bridgehead atoms. The van der Waals surface area contributed by atoms with E-state index < -0.39 is 5.60 Å². The van der Waals surface area contributed by atoms with Gasteiger partial charge in [-0.1, -0.05) is 55.5 Å². The molecule has 1 heterocycles. The highest BCUT2D eigenvalue weighted by Gasteiger charge is 2.37. The number of piperidine rings is 1. The van der Waals surface area contributed by atoms with Crippen molar-refractivity contribution in [3.8, 4) is 11.8 Å². The summed E-state index contributed by atoms with van der Waals surface area (Å²) in [7, 11) is 0. The second-order valence-corrected chi connectivity index (χ2v) is 7.26. The van der Waals surface area contributed by atoms with E-state index >= 15 is 0 Å². The van der Waals surface area contributed by atoms with Crippen LogP contribution in [0.3, 0.4) is 0 Å². The Morgan fingerprint density at radius 2 is 1.61 bits per heavy atom. The molecule has 0 radical (unpaired) electrons. The van der Waals surface area contributed by atoms with Crippen molar-refractivity contribution in [1.82, 2.24) is 0 Å². The summed E-state index contributed by atoms with van der Waals surface area (Å²) in [4.78, 5) is 1.59. The van der Waals surface area contributed by atoms with Gasteiger partial charge in [0.25, 0.3) is 0 Å². The Kier molecular flexibility index (Phi) is 5.75. The van der Waals surface area contributed by atoms with Crippen LogP contribution in [0.25, 0.3) is 0 Å². The van der Waals surface area contributed by atoms with Gasteiger partial charge in [0, 0.05) is 5.92 Å². The van der Waals surface area contributed by atoms with Crippen molar-refractivity contribution in [2.75, 3.05) is 19.6 Å². The Hall–Kier alpha value is -1.30. The second-order valence-electron chi connectivity index (χ2n) is 7.26. The van der Waals surface area contributed by atoms with Crippen LogP contribution in [0.1, 0.15) is 56.9 Å². The van der Waals surface area contributed by atoms with Crippen molar-refractivity contribution in [2.24, 2.45) is 5.92 Å². The minimum atomic E-state index is -0.961. The molecule has 124 valence electrons. The molecule has 1 saturated carbocycles. The van der Waals surface area contributed by atoms with Crippen LogP contribution in [0, 0.1) is 17.8 Å². The van der Waals surface area contributed by atoms with E-state index in [9.17, 15) is 5.11 Å². The third kappa shape index (κ3) is 4.16. The van der Waals surface area contributed by atoms with Crippen molar-refractivity contribution < 1.29 is 10.0 Å². The average molecular weight is 312 g/mol. The summed E-state index contributed by atoms with van der Waals surface area (Å²) >= 11 is 0. The predicted molar refractivity (Wildman–Crippen MR) is 94.1 cm³/mol. The molecule has 2 N–H and O–H groups in total. The van der Waals surface area contributed by atoms with Gasteiger partial charge in [-0.15, -0.1) is 0 Å². The van der Waals surface area contributed by atoms with Crippen molar-refractivity contribution in [3.05, 3.63) is 35.9 Å². The molecule has 1 atom stereocenters. The van der Waals surface area contributed by atoms with Gasteiger partial charge in [0.15, 0.2) is 5.60 Å². The van der Waals surface area contributed by atoms with Crippen LogP contribution < -0.4 is 4.90 Å². The number of rotatable bonds is 3. The van der Waals surface area contributed by atoms with Crippen molar-refractivity contribution in [2.45, 2.75) is 57.0 Å². The first-order valence-electron chi connectivity index (χ1n) is 9.40. The highest BCUT2D eigenvalue weighted by atomic mass is 16.3. The van der Waals surface area contributed by atoms with E-state index in [0.29, 0.717) is 0 Å². The topological polar surface area (TPSA) is 24.7 Å². The number of likely N-dealkylation sites (tertiary alicyclic amines) is 1. The highest BCUT2D eigenvalue weighted by molar-refractivity contribution is 5.33. The van der Waals surface area contributed by atoms with Crippen LogP contribution in [0.4, 0.5) is 0 Å². The van der Waals surface area contributed by atoms with Crippen LogP contribution in [0.5, 0.6) is 0 Å². The van der Waals surface area contributed by atoms with Gasteiger partial charge in [0.1, 0.15) is 6.54 Å². The maximum absolute atomic E-state index is 11.5. The van der Waals surface area contributed by atoms with Gasteiger partial charge in [-0.2, -0.15) is 0 Å². The summed E-state index contributed by atoms with van der Waals surface area (Å²) in [6.45, 7) is 3.35. The van der Waals surface area contributed by atoms with E-state index in [1.807, 2.05) is 30.3 Å². The van der Waals surface area contributed by atoms with Gasteiger partial charge in [-0.25, -0.2) is 0 Å². The first-order chi connectivity index (χ1) is 11.3. The van der Waals surface area contributed by atoms with Gasteiger partial charge in [0.05, 0.1) is 13.1 Å². The number of aliphatic hydroxyl groups is 1. The first-order valence-corrected chi connectivity index (χ1v) is 9.40. The van der Waals surface area contributed by atoms with Gasteiger partial charge in [-0.05, 0) is 43.6 Å². The number of benzene rings is 1. The molecule has 0 amide bonds. The Labute approximate surface area is 140 Å². The standard InChI is InChI=1S/C21H29NO/c23-21(19-11-4-1-5-12-19,20-13-6-2-7-14-20)15-10-18-22-16-8-3-9-17-22/h1,4-5,11-12,20,23H,2-3,6-9,13-14,16-18H2/p+1/t21-/m1/s1. The van der Waals surface area contributed by atoms with Crippen molar-refractivity contribution in [3.63, 3.8) is 0 Å². The van der Waals surface area contributed by atoms with E-state index in [2.05, 4.69) is 11.8 Å². The molecular formula is C21H30NO+. The van der Waals surface area contributed by atoms with E-state index in [4.69, 9.17) is 0 Å². The summed E-state index contributed by atoms with van der Waals surface area (Å²) in [5.41, 5.74) is 0.0183. The van der Waals surface area contributed by atoms with E-state index in [0.717, 1.165) is 24.9 Å². The molecule has 3 rings (SSSR count). The average Bonchev–Trinajstić information content (AvgIpc) is 2.64. The fourth-order valence-corrected chi connectivity index (χ4v) is 4.16. The highest BCUT2D eigenvalue weighted by Crippen LogP contribution is 2.38. The van der Waals surface area contributed by atoms with Gasteiger partial charge < -0.3 is 10.0 Å². The molecule has 2 heteroatoms. The molecule has 1 saturated heterocycles. The van der Waals surface area contributed by atoms with Gasteiger partial charge >= 0.3 is 0 Å². The Morgan fingerprint density at radius 3 is 2.30 bits per heavy atom. The quantitative estimate of drug-likeness (QED) is 0.824. The molecule has 1 aromatic carbocycles. The molecule has 1 aromatic rings. The molecule has 0 spiro atoms. The minimum Gasteiger partial charge on any atom is -0.373 e. The Morgan fingerprint density at radius 1 is 0.957 bits per heavy atom. The summed E-state index contributed by atoms with van der Waals surface area (Å²) in [6.07, 6.45) is 9.94. The maximum atomic E-state index is 11.5. The van der Waals surface area contributed by atoms with E-state index in [1.165, 1.54) is 51.6 Å². The largest absolute Gasteiger partial charge is 0.373 e.